The van der Waals surface area contributed by atoms with Gasteiger partial charge in [0.15, 0.2) is 0 Å². The SMILES string of the molecule is Cc1ccc(C(CO)OO)cc1. The lowest BCUT2D eigenvalue weighted by Gasteiger charge is -2.09. The molecule has 0 aliphatic heterocycles. The Hall–Kier alpha value is -0.900. The molecule has 1 unspecified atom stereocenters. The lowest BCUT2D eigenvalue weighted by atomic mass is 10.1. The largest absolute Gasteiger partial charge is 0.393 e. The molecule has 2 N–H and O–H groups in total. The van der Waals surface area contributed by atoms with Gasteiger partial charge < -0.3 is 5.11 Å². The minimum Gasteiger partial charge on any atom is -0.393 e. The third-order valence-electron chi connectivity index (χ3n) is 1.74. The maximum atomic E-state index is 8.76. The van der Waals surface area contributed by atoms with Crippen molar-refractivity contribution in [2.45, 2.75) is 13.0 Å². The topological polar surface area (TPSA) is 49.7 Å². The first-order valence-corrected chi connectivity index (χ1v) is 3.75. The molecule has 1 aromatic carbocycles. The molecular weight excluding hydrogens is 156 g/mol. The highest BCUT2D eigenvalue weighted by atomic mass is 17.1. The zero-order valence-corrected chi connectivity index (χ0v) is 6.90. The number of aliphatic hydroxyl groups is 1. The molecule has 0 aromatic heterocycles. The van der Waals surface area contributed by atoms with Crippen molar-refractivity contribution in [3.63, 3.8) is 0 Å². The summed E-state index contributed by atoms with van der Waals surface area (Å²) in [6, 6.07) is 7.42. The van der Waals surface area contributed by atoms with Gasteiger partial charge >= 0.3 is 0 Å². The Bertz CT molecular complexity index is 226. The van der Waals surface area contributed by atoms with Gasteiger partial charge in [-0.25, -0.2) is 4.89 Å². The average Bonchev–Trinajstić information content (AvgIpc) is 2.10. The van der Waals surface area contributed by atoms with Crippen molar-refractivity contribution >= 4 is 0 Å². The monoisotopic (exact) mass is 168 g/mol. The lowest BCUT2D eigenvalue weighted by molar-refractivity contribution is -0.288. The second-order valence-electron chi connectivity index (χ2n) is 2.69. The van der Waals surface area contributed by atoms with Crippen LogP contribution in [0.25, 0.3) is 0 Å². The van der Waals surface area contributed by atoms with E-state index < -0.39 is 6.10 Å². The first kappa shape index (κ1) is 9.19. The summed E-state index contributed by atoms with van der Waals surface area (Å²) in [6.07, 6.45) is -0.634. The van der Waals surface area contributed by atoms with Gasteiger partial charge in [0.1, 0.15) is 6.10 Å². The van der Waals surface area contributed by atoms with Gasteiger partial charge in [0.25, 0.3) is 0 Å². The molecule has 0 saturated carbocycles. The first-order valence-electron chi connectivity index (χ1n) is 3.75. The highest BCUT2D eigenvalue weighted by Gasteiger charge is 2.09. The van der Waals surface area contributed by atoms with Crippen LogP contribution < -0.4 is 0 Å². The van der Waals surface area contributed by atoms with Crippen molar-refractivity contribution in [3.05, 3.63) is 35.4 Å². The molecule has 0 spiro atoms. The van der Waals surface area contributed by atoms with Crippen molar-refractivity contribution in [1.82, 2.24) is 0 Å². The molecule has 0 amide bonds. The highest BCUT2D eigenvalue weighted by Crippen LogP contribution is 2.15. The zero-order chi connectivity index (χ0) is 8.97. The van der Waals surface area contributed by atoms with Crippen molar-refractivity contribution in [3.8, 4) is 0 Å². The number of aryl methyl sites for hydroxylation is 1. The number of benzene rings is 1. The van der Waals surface area contributed by atoms with Crippen LogP contribution in [0.4, 0.5) is 0 Å². The lowest BCUT2D eigenvalue weighted by Crippen LogP contribution is -2.06. The van der Waals surface area contributed by atoms with E-state index in [1.807, 2.05) is 31.2 Å². The summed E-state index contributed by atoms with van der Waals surface area (Å²) >= 11 is 0. The molecule has 12 heavy (non-hydrogen) atoms. The van der Waals surface area contributed by atoms with Crippen LogP contribution in [0.1, 0.15) is 17.2 Å². The van der Waals surface area contributed by atoms with Crippen molar-refractivity contribution in [2.75, 3.05) is 6.61 Å². The van der Waals surface area contributed by atoms with Gasteiger partial charge in [-0.05, 0) is 12.5 Å². The molecule has 1 rings (SSSR count). The van der Waals surface area contributed by atoms with Gasteiger partial charge in [-0.15, -0.1) is 0 Å². The van der Waals surface area contributed by atoms with Crippen LogP contribution >= 0.6 is 0 Å². The van der Waals surface area contributed by atoms with Crippen LogP contribution in [0, 0.1) is 6.92 Å². The standard InChI is InChI=1S/C9H12O3/c1-7-2-4-8(5-3-7)9(6-10)12-11/h2-5,9-11H,6H2,1H3. The first-order chi connectivity index (χ1) is 5.77. The molecule has 0 radical (unpaired) electrons. The minimum atomic E-state index is -0.634. The molecular formula is C9H12O3. The summed E-state index contributed by atoms with van der Waals surface area (Å²) in [5.74, 6) is 0. The fraction of sp³-hybridized carbons (Fsp3) is 0.333. The summed E-state index contributed by atoms with van der Waals surface area (Å²) in [4.78, 5) is 4.08. The maximum Gasteiger partial charge on any atom is 0.141 e. The van der Waals surface area contributed by atoms with Crippen molar-refractivity contribution in [1.29, 1.82) is 0 Å². The van der Waals surface area contributed by atoms with Gasteiger partial charge in [0.2, 0.25) is 0 Å². The van der Waals surface area contributed by atoms with Crippen LogP contribution in [0.3, 0.4) is 0 Å². The van der Waals surface area contributed by atoms with E-state index in [-0.39, 0.29) is 6.61 Å². The molecule has 3 nitrogen and oxygen atoms in total. The molecule has 3 heteroatoms. The maximum absolute atomic E-state index is 8.76. The normalized spacial score (nSPS) is 12.9. The molecule has 0 bridgehead atoms. The van der Waals surface area contributed by atoms with Crippen LogP contribution in [0.15, 0.2) is 24.3 Å². The highest BCUT2D eigenvalue weighted by molar-refractivity contribution is 5.23. The Balaban J connectivity index is 2.80. The summed E-state index contributed by atoms with van der Waals surface area (Å²) < 4.78 is 0. The molecule has 0 heterocycles. The molecule has 1 atom stereocenters. The summed E-state index contributed by atoms with van der Waals surface area (Å²) in [5.41, 5.74) is 1.90. The Morgan fingerprint density at radius 3 is 2.33 bits per heavy atom. The van der Waals surface area contributed by atoms with E-state index >= 15 is 0 Å². The third-order valence-corrected chi connectivity index (χ3v) is 1.74. The molecule has 0 aliphatic carbocycles. The van der Waals surface area contributed by atoms with E-state index in [1.54, 1.807) is 0 Å². The Morgan fingerprint density at radius 2 is 1.92 bits per heavy atom. The molecule has 1 aromatic rings. The van der Waals surface area contributed by atoms with Crippen LogP contribution in [0.5, 0.6) is 0 Å². The quantitative estimate of drug-likeness (QED) is 0.531. The van der Waals surface area contributed by atoms with E-state index in [4.69, 9.17) is 10.4 Å². The van der Waals surface area contributed by atoms with E-state index in [2.05, 4.69) is 4.89 Å². The summed E-state index contributed by atoms with van der Waals surface area (Å²) in [5, 5.41) is 17.2. The Labute approximate surface area is 71.2 Å². The van der Waals surface area contributed by atoms with Crippen LogP contribution in [-0.4, -0.2) is 17.0 Å². The Morgan fingerprint density at radius 1 is 1.33 bits per heavy atom. The zero-order valence-electron chi connectivity index (χ0n) is 6.90. The second-order valence-corrected chi connectivity index (χ2v) is 2.69. The molecule has 0 aliphatic rings. The van der Waals surface area contributed by atoms with Gasteiger partial charge in [0, 0.05) is 0 Å². The minimum absolute atomic E-state index is 0.223. The van der Waals surface area contributed by atoms with Crippen molar-refractivity contribution < 1.29 is 15.3 Å². The fourth-order valence-corrected chi connectivity index (χ4v) is 0.981. The number of rotatable bonds is 3. The fourth-order valence-electron chi connectivity index (χ4n) is 0.981. The van der Waals surface area contributed by atoms with Gasteiger partial charge in [-0.1, -0.05) is 29.8 Å². The van der Waals surface area contributed by atoms with E-state index in [9.17, 15) is 0 Å². The van der Waals surface area contributed by atoms with Gasteiger partial charge in [-0.2, -0.15) is 0 Å². The molecule has 0 fully saturated rings. The average molecular weight is 168 g/mol. The smallest absolute Gasteiger partial charge is 0.141 e. The number of aliphatic hydroxyl groups excluding tert-OH is 1. The predicted molar refractivity (Wildman–Crippen MR) is 44.7 cm³/mol. The number of hydrogen-bond acceptors (Lipinski definition) is 3. The third kappa shape index (κ3) is 2.04. The summed E-state index contributed by atoms with van der Waals surface area (Å²) in [6.45, 7) is 1.75. The Kier molecular flexibility index (Phi) is 3.22. The predicted octanol–water partition coefficient (Wildman–Crippen LogP) is 1.52. The molecule has 0 saturated heterocycles. The van der Waals surface area contributed by atoms with Gasteiger partial charge in [-0.3, -0.25) is 5.26 Å². The van der Waals surface area contributed by atoms with Crippen molar-refractivity contribution in [2.24, 2.45) is 0 Å². The summed E-state index contributed by atoms with van der Waals surface area (Å²) in [7, 11) is 0. The number of hydrogen-bond donors (Lipinski definition) is 2. The van der Waals surface area contributed by atoms with Crippen LogP contribution in [0.2, 0.25) is 0 Å². The van der Waals surface area contributed by atoms with Gasteiger partial charge in [0.05, 0.1) is 6.61 Å². The van der Waals surface area contributed by atoms with E-state index in [1.165, 1.54) is 0 Å². The second kappa shape index (κ2) is 4.21. The van der Waals surface area contributed by atoms with E-state index in [0.717, 1.165) is 11.1 Å². The van der Waals surface area contributed by atoms with Crippen LogP contribution in [-0.2, 0) is 4.89 Å². The van der Waals surface area contributed by atoms with E-state index in [0.29, 0.717) is 0 Å². The molecule has 66 valence electrons.